The minimum atomic E-state index is -3.07. The van der Waals surface area contributed by atoms with Crippen LogP contribution in [0.4, 0.5) is 0 Å². The predicted octanol–water partition coefficient (Wildman–Crippen LogP) is 1.28. The number of aryl methyl sites for hydroxylation is 1. The van der Waals surface area contributed by atoms with Crippen LogP contribution < -0.4 is 5.56 Å². The standard InChI is InChI=1S/C10H17BrN2O3S/c1-10(2,3)8-7(11)9(14)13(12-8)5-6-17(4,15)16/h12H,5-6H2,1-4H3. The van der Waals surface area contributed by atoms with Gasteiger partial charge in [-0.1, -0.05) is 20.8 Å². The Balaban J connectivity index is 3.09. The van der Waals surface area contributed by atoms with E-state index in [1.807, 2.05) is 20.8 Å². The van der Waals surface area contributed by atoms with Crippen molar-refractivity contribution in [3.8, 4) is 0 Å². The Morgan fingerprint density at radius 2 is 1.88 bits per heavy atom. The molecule has 0 aromatic carbocycles. The van der Waals surface area contributed by atoms with Gasteiger partial charge < -0.3 is 0 Å². The second-order valence-corrected chi connectivity index (χ2v) is 8.19. The van der Waals surface area contributed by atoms with Gasteiger partial charge in [0.05, 0.1) is 18.0 Å². The molecule has 0 fully saturated rings. The van der Waals surface area contributed by atoms with Crippen molar-refractivity contribution in [2.24, 2.45) is 0 Å². The number of rotatable bonds is 3. The lowest BCUT2D eigenvalue weighted by molar-refractivity contribution is 0.534. The topological polar surface area (TPSA) is 71.9 Å². The van der Waals surface area contributed by atoms with Crippen LogP contribution in [0.25, 0.3) is 0 Å². The monoisotopic (exact) mass is 324 g/mol. The van der Waals surface area contributed by atoms with Crippen molar-refractivity contribution in [3.05, 3.63) is 20.5 Å². The summed E-state index contributed by atoms with van der Waals surface area (Å²) in [5, 5.41) is 2.96. The van der Waals surface area contributed by atoms with Crippen molar-refractivity contribution in [2.45, 2.75) is 32.7 Å². The number of hydrogen-bond donors (Lipinski definition) is 1. The Bertz CT molecular complexity index is 563. The first-order valence-electron chi connectivity index (χ1n) is 5.19. The molecule has 0 atom stereocenters. The summed E-state index contributed by atoms with van der Waals surface area (Å²) in [4.78, 5) is 11.8. The molecule has 1 aromatic heterocycles. The molecule has 0 saturated heterocycles. The summed E-state index contributed by atoms with van der Waals surface area (Å²) in [5.41, 5.74) is 0.350. The molecule has 0 saturated carbocycles. The molecule has 1 rings (SSSR count). The van der Waals surface area contributed by atoms with E-state index in [2.05, 4.69) is 21.0 Å². The number of hydrogen-bond acceptors (Lipinski definition) is 3. The summed E-state index contributed by atoms with van der Waals surface area (Å²) in [7, 11) is -3.07. The first kappa shape index (κ1) is 14.5. The van der Waals surface area contributed by atoms with Crippen LogP contribution in [-0.4, -0.2) is 30.2 Å². The van der Waals surface area contributed by atoms with Gasteiger partial charge >= 0.3 is 0 Å². The fraction of sp³-hybridized carbons (Fsp3) is 0.700. The number of halogens is 1. The zero-order valence-electron chi connectivity index (χ0n) is 10.4. The molecule has 0 radical (unpaired) electrons. The van der Waals surface area contributed by atoms with Crippen molar-refractivity contribution in [1.82, 2.24) is 9.78 Å². The average molecular weight is 325 g/mol. The second kappa shape index (κ2) is 4.61. The normalized spacial score (nSPS) is 13.0. The average Bonchev–Trinajstić information content (AvgIpc) is 2.39. The molecule has 0 aliphatic rings. The Hall–Kier alpha value is -0.560. The van der Waals surface area contributed by atoms with Crippen LogP contribution in [0.1, 0.15) is 26.5 Å². The fourth-order valence-corrected chi connectivity index (χ4v) is 2.78. The van der Waals surface area contributed by atoms with Gasteiger partial charge in [-0.25, -0.2) is 8.42 Å². The SMILES string of the molecule is CC(C)(C)c1[nH]n(CCS(C)(=O)=O)c(=O)c1Br. The molecule has 0 amide bonds. The molecular formula is C10H17BrN2O3S. The smallest absolute Gasteiger partial charge is 0.281 e. The third-order valence-electron chi connectivity index (χ3n) is 2.33. The molecule has 0 bridgehead atoms. The maximum atomic E-state index is 11.8. The molecule has 7 heteroatoms. The number of aromatic nitrogens is 2. The van der Waals surface area contributed by atoms with Gasteiger partial charge in [-0.05, 0) is 15.9 Å². The first-order valence-corrected chi connectivity index (χ1v) is 8.04. The number of nitrogens with one attached hydrogen (secondary N) is 1. The van der Waals surface area contributed by atoms with E-state index in [-0.39, 0.29) is 23.3 Å². The highest BCUT2D eigenvalue weighted by atomic mass is 79.9. The van der Waals surface area contributed by atoms with Crippen molar-refractivity contribution in [2.75, 3.05) is 12.0 Å². The van der Waals surface area contributed by atoms with E-state index in [4.69, 9.17) is 0 Å². The lowest BCUT2D eigenvalue weighted by Crippen LogP contribution is -2.21. The summed E-state index contributed by atoms with van der Waals surface area (Å²) < 4.78 is 23.9. The van der Waals surface area contributed by atoms with E-state index in [0.717, 1.165) is 11.9 Å². The zero-order chi connectivity index (χ0) is 13.4. The zero-order valence-corrected chi connectivity index (χ0v) is 12.8. The van der Waals surface area contributed by atoms with Gasteiger partial charge in [0.25, 0.3) is 5.56 Å². The van der Waals surface area contributed by atoms with Gasteiger partial charge in [0.15, 0.2) is 0 Å². The third-order valence-corrected chi connectivity index (χ3v) is 3.99. The maximum absolute atomic E-state index is 11.8. The highest BCUT2D eigenvalue weighted by Crippen LogP contribution is 2.25. The van der Waals surface area contributed by atoms with Crippen molar-refractivity contribution < 1.29 is 8.42 Å². The van der Waals surface area contributed by atoms with E-state index in [9.17, 15) is 13.2 Å². The van der Waals surface area contributed by atoms with E-state index < -0.39 is 9.84 Å². The summed E-state index contributed by atoms with van der Waals surface area (Å²) in [5.74, 6) is -0.0521. The molecule has 0 aliphatic heterocycles. The van der Waals surface area contributed by atoms with Crippen molar-refractivity contribution in [1.29, 1.82) is 0 Å². The molecular weight excluding hydrogens is 308 g/mol. The van der Waals surface area contributed by atoms with Crippen molar-refractivity contribution >= 4 is 25.8 Å². The molecule has 1 aromatic rings. The summed E-state index contributed by atoms with van der Waals surface area (Å²) >= 11 is 3.24. The minimum absolute atomic E-state index is 0.0521. The molecule has 0 aliphatic carbocycles. The van der Waals surface area contributed by atoms with Crippen LogP contribution >= 0.6 is 15.9 Å². The second-order valence-electron chi connectivity index (χ2n) is 5.14. The van der Waals surface area contributed by atoms with Crippen LogP contribution in [0.2, 0.25) is 0 Å². The van der Waals surface area contributed by atoms with Crippen LogP contribution in [0, 0.1) is 0 Å². The van der Waals surface area contributed by atoms with Gasteiger partial charge in [0.2, 0.25) is 0 Å². The Morgan fingerprint density at radius 1 is 1.35 bits per heavy atom. The summed E-state index contributed by atoms with van der Waals surface area (Å²) in [6, 6.07) is 0. The van der Waals surface area contributed by atoms with E-state index in [1.54, 1.807) is 0 Å². The first-order chi connectivity index (χ1) is 7.52. The summed E-state index contributed by atoms with van der Waals surface area (Å²) in [6.45, 7) is 6.07. The van der Waals surface area contributed by atoms with Gasteiger partial charge in [-0.3, -0.25) is 14.6 Å². The predicted molar refractivity (Wildman–Crippen MR) is 71.2 cm³/mol. The quantitative estimate of drug-likeness (QED) is 0.910. The lowest BCUT2D eigenvalue weighted by atomic mass is 9.93. The van der Waals surface area contributed by atoms with Crippen LogP contribution in [0.3, 0.4) is 0 Å². The molecule has 5 nitrogen and oxygen atoms in total. The maximum Gasteiger partial charge on any atom is 0.281 e. The lowest BCUT2D eigenvalue weighted by Gasteiger charge is -2.16. The Kier molecular flexibility index (Phi) is 3.93. The van der Waals surface area contributed by atoms with E-state index in [0.29, 0.717) is 4.47 Å². The van der Waals surface area contributed by atoms with Gasteiger partial charge in [-0.15, -0.1) is 0 Å². The van der Waals surface area contributed by atoms with Crippen LogP contribution in [0.5, 0.6) is 0 Å². The number of aromatic amines is 1. The molecule has 17 heavy (non-hydrogen) atoms. The number of H-pyrrole nitrogens is 1. The van der Waals surface area contributed by atoms with E-state index >= 15 is 0 Å². The number of nitrogens with zero attached hydrogens (tertiary/aromatic N) is 1. The van der Waals surface area contributed by atoms with Gasteiger partial charge in [0, 0.05) is 11.7 Å². The molecule has 1 N–H and O–H groups in total. The fourth-order valence-electron chi connectivity index (χ4n) is 1.37. The van der Waals surface area contributed by atoms with E-state index in [1.165, 1.54) is 4.68 Å². The van der Waals surface area contributed by atoms with Gasteiger partial charge in [0.1, 0.15) is 14.3 Å². The van der Waals surface area contributed by atoms with Gasteiger partial charge in [-0.2, -0.15) is 0 Å². The molecule has 0 spiro atoms. The van der Waals surface area contributed by atoms with Crippen molar-refractivity contribution in [3.63, 3.8) is 0 Å². The highest BCUT2D eigenvalue weighted by Gasteiger charge is 2.23. The largest absolute Gasteiger partial charge is 0.298 e. The highest BCUT2D eigenvalue weighted by molar-refractivity contribution is 9.10. The number of sulfone groups is 1. The molecule has 1 heterocycles. The summed E-state index contributed by atoms with van der Waals surface area (Å²) in [6.07, 6.45) is 1.15. The molecule has 98 valence electrons. The Labute approximate surface area is 109 Å². The molecule has 0 unspecified atom stereocenters. The van der Waals surface area contributed by atoms with Crippen LogP contribution in [-0.2, 0) is 21.8 Å². The van der Waals surface area contributed by atoms with Crippen LogP contribution in [0.15, 0.2) is 9.27 Å². The minimum Gasteiger partial charge on any atom is -0.298 e. The third kappa shape index (κ3) is 3.70. The Morgan fingerprint density at radius 3 is 2.24 bits per heavy atom.